The molecule has 1 aliphatic heterocycles. The van der Waals surface area contributed by atoms with Crippen molar-refractivity contribution in [2.75, 3.05) is 0 Å². The molecular weight excluding hydrogens is 250 g/mol. The average molecular weight is 261 g/mol. The van der Waals surface area contributed by atoms with Crippen molar-refractivity contribution < 1.29 is 19.2 Å². The second-order valence-corrected chi connectivity index (χ2v) is 4.17. The standard InChI is InChI=1S/C12H11N3O4/c1-6-4-2-3-5-7(6)12(8(13)16)9(17)14-11(19)15-10(12)18/h2-5H,1H3,(H2,13,16)(H2,14,15,17,18,19). The number of carbonyl (C=O) groups is 4. The van der Waals surface area contributed by atoms with Crippen LogP contribution < -0.4 is 16.4 Å². The van der Waals surface area contributed by atoms with Crippen molar-refractivity contribution in [3.05, 3.63) is 35.4 Å². The number of barbiturate groups is 1. The minimum atomic E-state index is -2.22. The Balaban J connectivity index is 2.72. The van der Waals surface area contributed by atoms with Gasteiger partial charge in [0.15, 0.2) is 0 Å². The third-order valence-corrected chi connectivity index (χ3v) is 3.05. The first-order chi connectivity index (χ1) is 8.90. The number of hydrogen-bond acceptors (Lipinski definition) is 4. The lowest BCUT2D eigenvalue weighted by molar-refractivity contribution is -0.145. The summed E-state index contributed by atoms with van der Waals surface area (Å²) in [6.45, 7) is 1.64. The third kappa shape index (κ3) is 1.67. The van der Waals surface area contributed by atoms with Crippen LogP contribution in [0.15, 0.2) is 24.3 Å². The first-order valence-corrected chi connectivity index (χ1v) is 5.43. The maximum absolute atomic E-state index is 12.0. The van der Waals surface area contributed by atoms with Crippen molar-refractivity contribution in [1.82, 2.24) is 10.6 Å². The SMILES string of the molecule is Cc1ccccc1C1(C(N)=O)C(=O)NC(=O)NC1=O. The molecule has 19 heavy (non-hydrogen) atoms. The Morgan fingerprint density at radius 2 is 1.63 bits per heavy atom. The molecule has 4 N–H and O–H groups in total. The van der Waals surface area contributed by atoms with Gasteiger partial charge in [-0.05, 0) is 18.1 Å². The van der Waals surface area contributed by atoms with E-state index in [-0.39, 0.29) is 5.56 Å². The molecule has 1 aliphatic rings. The van der Waals surface area contributed by atoms with Gasteiger partial charge in [-0.25, -0.2) is 4.79 Å². The van der Waals surface area contributed by atoms with Gasteiger partial charge in [-0.15, -0.1) is 0 Å². The quantitative estimate of drug-likeness (QED) is 0.597. The van der Waals surface area contributed by atoms with E-state index in [2.05, 4.69) is 0 Å². The van der Waals surface area contributed by atoms with Crippen LogP contribution >= 0.6 is 0 Å². The van der Waals surface area contributed by atoms with Gasteiger partial charge in [-0.1, -0.05) is 24.3 Å². The number of aryl methyl sites for hydroxylation is 1. The molecule has 1 fully saturated rings. The number of primary amides is 1. The van der Waals surface area contributed by atoms with Gasteiger partial charge < -0.3 is 5.73 Å². The Morgan fingerprint density at radius 3 is 2.11 bits per heavy atom. The van der Waals surface area contributed by atoms with Crippen LogP contribution in [0.3, 0.4) is 0 Å². The number of nitrogens with one attached hydrogen (secondary N) is 2. The molecule has 1 aromatic rings. The van der Waals surface area contributed by atoms with Gasteiger partial charge in [-0.3, -0.25) is 25.0 Å². The predicted molar refractivity (Wildman–Crippen MR) is 63.7 cm³/mol. The lowest BCUT2D eigenvalue weighted by Crippen LogP contribution is -2.69. The summed E-state index contributed by atoms with van der Waals surface area (Å²) < 4.78 is 0. The summed E-state index contributed by atoms with van der Waals surface area (Å²) in [5.41, 5.74) is 3.73. The monoisotopic (exact) mass is 261 g/mol. The maximum atomic E-state index is 12.0. The molecule has 1 heterocycles. The van der Waals surface area contributed by atoms with E-state index < -0.39 is 29.2 Å². The molecule has 2 rings (SSSR count). The van der Waals surface area contributed by atoms with Crippen LogP contribution in [0.1, 0.15) is 11.1 Å². The van der Waals surface area contributed by atoms with Gasteiger partial charge in [-0.2, -0.15) is 0 Å². The number of benzene rings is 1. The first kappa shape index (κ1) is 12.7. The fourth-order valence-electron chi connectivity index (χ4n) is 2.12. The Kier molecular flexibility index (Phi) is 2.82. The molecule has 7 nitrogen and oxygen atoms in total. The van der Waals surface area contributed by atoms with Crippen molar-refractivity contribution >= 4 is 23.8 Å². The Bertz CT molecular complexity index is 589. The molecular formula is C12H11N3O4. The lowest BCUT2D eigenvalue weighted by atomic mass is 9.75. The molecule has 98 valence electrons. The molecule has 1 aromatic carbocycles. The summed E-state index contributed by atoms with van der Waals surface area (Å²) in [6, 6.07) is 5.38. The molecule has 7 heteroatoms. The molecule has 0 spiro atoms. The number of amides is 5. The van der Waals surface area contributed by atoms with Crippen molar-refractivity contribution in [1.29, 1.82) is 0 Å². The number of urea groups is 1. The highest BCUT2D eigenvalue weighted by Gasteiger charge is 2.57. The number of nitrogens with two attached hydrogens (primary N) is 1. The van der Waals surface area contributed by atoms with Crippen LogP contribution in [0.4, 0.5) is 4.79 Å². The normalized spacial score (nSPS) is 17.6. The Labute approximate surface area is 108 Å². The van der Waals surface area contributed by atoms with Gasteiger partial charge in [0.25, 0.3) is 11.8 Å². The molecule has 0 aliphatic carbocycles. The maximum Gasteiger partial charge on any atom is 0.328 e. The third-order valence-electron chi connectivity index (χ3n) is 3.05. The van der Waals surface area contributed by atoms with E-state index in [0.717, 1.165) is 0 Å². The molecule has 0 bridgehead atoms. The average Bonchev–Trinajstić information content (AvgIpc) is 2.30. The van der Waals surface area contributed by atoms with E-state index in [1.54, 1.807) is 25.1 Å². The van der Waals surface area contributed by atoms with Gasteiger partial charge in [0.1, 0.15) is 0 Å². The smallest absolute Gasteiger partial charge is 0.328 e. The first-order valence-electron chi connectivity index (χ1n) is 5.43. The zero-order valence-corrected chi connectivity index (χ0v) is 10.0. The molecule has 0 aromatic heterocycles. The van der Waals surface area contributed by atoms with E-state index in [9.17, 15) is 19.2 Å². The fourth-order valence-corrected chi connectivity index (χ4v) is 2.12. The van der Waals surface area contributed by atoms with Gasteiger partial charge >= 0.3 is 6.03 Å². The van der Waals surface area contributed by atoms with Crippen LogP contribution in [0, 0.1) is 6.92 Å². The van der Waals surface area contributed by atoms with E-state index in [1.807, 2.05) is 10.6 Å². The van der Waals surface area contributed by atoms with Crippen LogP contribution in [0.25, 0.3) is 0 Å². The molecule has 0 atom stereocenters. The second kappa shape index (κ2) is 4.20. The summed E-state index contributed by atoms with van der Waals surface area (Å²) in [7, 11) is 0. The van der Waals surface area contributed by atoms with Crippen molar-refractivity contribution in [2.24, 2.45) is 5.73 Å². The van der Waals surface area contributed by atoms with E-state index in [0.29, 0.717) is 5.56 Å². The summed E-state index contributed by atoms with van der Waals surface area (Å²) >= 11 is 0. The van der Waals surface area contributed by atoms with Crippen molar-refractivity contribution in [3.63, 3.8) is 0 Å². The van der Waals surface area contributed by atoms with E-state index in [4.69, 9.17) is 5.73 Å². The van der Waals surface area contributed by atoms with Crippen LogP contribution in [-0.4, -0.2) is 23.8 Å². The number of imide groups is 2. The second-order valence-electron chi connectivity index (χ2n) is 4.17. The minimum absolute atomic E-state index is 0.157. The molecule has 0 unspecified atom stereocenters. The van der Waals surface area contributed by atoms with Crippen molar-refractivity contribution in [3.8, 4) is 0 Å². The van der Waals surface area contributed by atoms with E-state index in [1.165, 1.54) is 6.07 Å². The molecule has 5 amide bonds. The molecule has 0 saturated carbocycles. The van der Waals surface area contributed by atoms with Crippen LogP contribution in [0.5, 0.6) is 0 Å². The molecule has 0 radical (unpaired) electrons. The number of carbonyl (C=O) groups excluding carboxylic acids is 4. The van der Waals surface area contributed by atoms with Crippen molar-refractivity contribution in [2.45, 2.75) is 12.3 Å². The highest BCUT2D eigenvalue weighted by molar-refractivity contribution is 6.34. The summed E-state index contributed by atoms with van der Waals surface area (Å²) in [6.07, 6.45) is 0. The number of hydrogen-bond donors (Lipinski definition) is 3. The van der Waals surface area contributed by atoms with Crippen LogP contribution in [-0.2, 0) is 19.8 Å². The highest BCUT2D eigenvalue weighted by Crippen LogP contribution is 2.29. The summed E-state index contributed by atoms with van der Waals surface area (Å²) in [5.74, 6) is -3.21. The van der Waals surface area contributed by atoms with E-state index >= 15 is 0 Å². The van der Waals surface area contributed by atoms with Gasteiger partial charge in [0, 0.05) is 0 Å². The van der Waals surface area contributed by atoms with Gasteiger partial charge in [0.2, 0.25) is 11.3 Å². The Morgan fingerprint density at radius 1 is 1.11 bits per heavy atom. The van der Waals surface area contributed by atoms with Crippen LogP contribution in [0.2, 0.25) is 0 Å². The highest BCUT2D eigenvalue weighted by atomic mass is 16.2. The summed E-state index contributed by atoms with van der Waals surface area (Å²) in [5, 5.41) is 3.79. The zero-order valence-electron chi connectivity index (χ0n) is 10.0. The minimum Gasteiger partial charge on any atom is -0.368 e. The topological polar surface area (TPSA) is 118 Å². The van der Waals surface area contributed by atoms with Gasteiger partial charge in [0.05, 0.1) is 0 Å². The molecule has 1 saturated heterocycles. The fraction of sp³-hybridized carbons (Fsp3) is 0.167. The predicted octanol–water partition coefficient (Wildman–Crippen LogP) is -0.916. The largest absolute Gasteiger partial charge is 0.368 e. The Hall–Kier alpha value is -2.70. The lowest BCUT2D eigenvalue weighted by Gasteiger charge is -2.32. The summed E-state index contributed by atoms with van der Waals surface area (Å²) in [4.78, 5) is 46.9. The number of rotatable bonds is 2. The zero-order chi connectivity index (χ0) is 14.2.